The van der Waals surface area contributed by atoms with Crippen molar-refractivity contribution in [2.45, 2.75) is 231 Å². The highest BCUT2D eigenvalue weighted by atomic mass is 16.8. The maximum absolute atomic E-state index is 13.1. The van der Waals surface area contributed by atoms with Crippen molar-refractivity contribution in [1.29, 1.82) is 0 Å². The highest BCUT2D eigenvalue weighted by Gasteiger charge is 2.72. The topological polar surface area (TPSA) is 321 Å². The average molecular weight is 1040 g/mol. The number of fused-ring (bicyclic) bond motifs is 7. The third kappa shape index (κ3) is 9.19. The van der Waals surface area contributed by atoms with Gasteiger partial charge in [-0.2, -0.15) is 0 Å². The molecule has 0 amide bonds. The second kappa shape index (κ2) is 20.2. The first-order valence-electron chi connectivity index (χ1n) is 26.3. The summed E-state index contributed by atoms with van der Waals surface area (Å²) in [7, 11) is 0. The molecule has 3 aliphatic heterocycles. The second-order valence-corrected chi connectivity index (χ2v) is 25.1. The normalized spacial score (nSPS) is 51.6. The van der Waals surface area contributed by atoms with Gasteiger partial charge in [0.25, 0.3) is 0 Å². The number of carboxylic acids is 1. The Hall–Kier alpha value is -2.22. The number of carbonyl (C=O) groups excluding carboxylic acids is 1. The number of hydrogen-bond acceptors (Lipinski definition) is 19. The molecule has 5 aliphatic carbocycles. The van der Waals surface area contributed by atoms with Crippen molar-refractivity contribution in [1.82, 2.24) is 0 Å². The molecule has 7 fully saturated rings. The van der Waals surface area contributed by atoms with Crippen molar-refractivity contribution < 1.29 is 98.9 Å². The third-order valence-electron chi connectivity index (χ3n) is 20.3. The van der Waals surface area contributed by atoms with Crippen LogP contribution in [-0.4, -0.2) is 192 Å². The molecule has 8 rings (SSSR count). The quantitative estimate of drug-likeness (QED) is 0.0599. The number of ether oxygens (including phenoxy) is 7. The predicted molar refractivity (Wildman–Crippen MR) is 255 cm³/mol. The van der Waals surface area contributed by atoms with Crippen molar-refractivity contribution >= 4 is 11.9 Å². The summed E-state index contributed by atoms with van der Waals surface area (Å²) in [5, 5.41) is 122. The maximum Gasteiger partial charge on any atom is 0.335 e. The number of allylic oxidation sites excluding steroid dienone is 3. The van der Waals surface area contributed by atoms with Gasteiger partial charge in [0.05, 0.1) is 36.4 Å². The van der Waals surface area contributed by atoms with E-state index in [0.717, 1.165) is 19.3 Å². The van der Waals surface area contributed by atoms with Gasteiger partial charge < -0.3 is 89.3 Å². The number of rotatable bonds is 11. The first kappa shape index (κ1) is 57.0. The molecule has 4 saturated carbocycles. The summed E-state index contributed by atoms with van der Waals surface area (Å²) in [6, 6.07) is 0. The molecule has 0 aromatic heterocycles. The zero-order valence-corrected chi connectivity index (χ0v) is 43.9. The highest BCUT2D eigenvalue weighted by molar-refractivity contribution is 5.87. The smallest absolute Gasteiger partial charge is 0.335 e. The molecule has 0 aromatic rings. The van der Waals surface area contributed by atoms with E-state index in [1.165, 1.54) is 12.5 Å². The Balaban J connectivity index is 1.11. The minimum Gasteiger partial charge on any atom is -0.479 e. The second-order valence-electron chi connectivity index (χ2n) is 25.1. The number of aliphatic hydroxyl groups is 10. The number of esters is 1. The monoisotopic (exact) mass is 1040 g/mol. The minimum atomic E-state index is -2.09. The number of carbonyl (C=O) groups is 2. The molecule has 416 valence electrons. The van der Waals surface area contributed by atoms with E-state index >= 15 is 0 Å². The van der Waals surface area contributed by atoms with E-state index < -0.39 is 145 Å². The van der Waals surface area contributed by atoms with Crippen LogP contribution in [0.5, 0.6) is 0 Å². The SMILES string of the molecule is CC=C(C)C(=O)OCC12C(O)CC(C)(C)CC1C1=CCC3C4(C)CCC(OC5OC(C(=O)O)C(O)C(OC6OC(C)C(O)C(O)C6O)C5OC5OC(CO)C(O)C(O)C5O)C(C)(C)C4CCC3(C)C1(C)CC2O. The Morgan fingerprint density at radius 1 is 0.712 bits per heavy atom. The van der Waals surface area contributed by atoms with Crippen LogP contribution in [0.4, 0.5) is 0 Å². The molecular weight excluding hydrogens is 957 g/mol. The van der Waals surface area contributed by atoms with Crippen LogP contribution in [-0.2, 0) is 42.7 Å². The summed E-state index contributed by atoms with van der Waals surface area (Å²) < 4.78 is 42.7. The van der Waals surface area contributed by atoms with Gasteiger partial charge in [-0.1, -0.05) is 66.2 Å². The van der Waals surface area contributed by atoms with Crippen LogP contribution in [0.1, 0.15) is 121 Å². The molecule has 73 heavy (non-hydrogen) atoms. The number of aliphatic carboxylic acids is 1. The van der Waals surface area contributed by atoms with Crippen molar-refractivity contribution in [3.63, 3.8) is 0 Å². The summed E-state index contributed by atoms with van der Waals surface area (Å²) in [5.74, 6) is -2.24. The van der Waals surface area contributed by atoms with Crippen LogP contribution >= 0.6 is 0 Å². The van der Waals surface area contributed by atoms with Gasteiger partial charge >= 0.3 is 11.9 Å². The van der Waals surface area contributed by atoms with Gasteiger partial charge in [0.1, 0.15) is 67.6 Å². The van der Waals surface area contributed by atoms with Crippen molar-refractivity contribution in [3.8, 4) is 0 Å². The Bertz CT molecular complexity index is 2100. The summed E-state index contributed by atoms with van der Waals surface area (Å²) in [6.45, 7) is 19.3. The summed E-state index contributed by atoms with van der Waals surface area (Å²) in [5.41, 5.74) is -1.51. The van der Waals surface area contributed by atoms with Crippen LogP contribution in [0, 0.1) is 50.2 Å². The van der Waals surface area contributed by atoms with Gasteiger partial charge in [-0.25, -0.2) is 9.59 Å². The van der Waals surface area contributed by atoms with E-state index in [4.69, 9.17) is 33.2 Å². The van der Waals surface area contributed by atoms with Gasteiger partial charge in [0.2, 0.25) is 0 Å². The molecule has 11 N–H and O–H groups in total. The van der Waals surface area contributed by atoms with Gasteiger partial charge in [0.15, 0.2) is 25.0 Å². The van der Waals surface area contributed by atoms with Crippen LogP contribution < -0.4 is 0 Å². The van der Waals surface area contributed by atoms with E-state index in [1.54, 1.807) is 19.9 Å². The third-order valence-corrected chi connectivity index (χ3v) is 20.3. The summed E-state index contributed by atoms with van der Waals surface area (Å²) in [6.07, 6.45) is -20.2. The lowest BCUT2D eigenvalue weighted by Crippen LogP contribution is -2.70. The predicted octanol–water partition coefficient (Wildman–Crippen LogP) is 1.19. The number of aliphatic hydroxyl groups excluding tert-OH is 10. The standard InChI is InChI=1S/C53H84O20/c1-11-23(2)44(66)67-22-53-26(18-48(4,5)19-30(53)55)25-12-13-29-50(8)16-15-32(49(6,7)28(50)14-17-51(29,9)52(25,10)20-31(53)56)70-47-42(73-46-38(62)36(60)34(58)27(21-54)69-46)40(39(63)41(72-47)43(64)65)71-45-37(61)35(59)33(57)24(3)68-45/h11-12,24,26-42,45-47,54-63H,13-22H2,1-10H3,(H,64,65). The first-order chi connectivity index (χ1) is 33.9. The molecule has 0 aromatic carbocycles. The van der Waals surface area contributed by atoms with Gasteiger partial charge in [0, 0.05) is 5.57 Å². The van der Waals surface area contributed by atoms with Gasteiger partial charge in [-0.15, -0.1) is 0 Å². The molecule has 25 unspecified atom stereocenters. The van der Waals surface area contributed by atoms with Crippen molar-refractivity contribution in [2.24, 2.45) is 50.2 Å². The van der Waals surface area contributed by atoms with Gasteiger partial charge in [-0.05, 0) is 117 Å². The Labute approximate surface area is 427 Å². The Morgan fingerprint density at radius 3 is 1.96 bits per heavy atom. The van der Waals surface area contributed by atoms with Gasteiger partial charge in [-0.3, -0.25) is 0 Å². The van der Waals surface area contributed by atoms with Crippen LogP contribution in [0.15, 0.2) is 23.3 Å². The average Bonchev–Trinajstić information content (AvgIpc) is 3.31. The first-order valence-corrected chi connectivity index (χ1v) is 26.3. The molecule has 3 saturated heterocycles. The zero-order chi connectivity index (χ0) is 53.9. The van der Waals surface area contributed by atoms with E-state index in [1.807, 2.05) is 0 Å². The summed E-state index contributed by atoms with van der Waals surface area (Å²) >= 11 is 0. The fourth-order valence-corrected chi connectivity index (χ4v) is 15.8. The van der Waals surface area contributed by atoms with Crippen LogP contribution in [0.25, 0.3) is 0 Å². The largest absolute Gasteiger partial charge is 0.479 e. The van der Waals surface area contributed by atoms with Crippen molar-refractivity contribution in [3.05, 3.63) is 23.3 Å². The molecule has 0 spiro atoms. The number of carboxylic acid groups (broad SMARTS) is 1. The fourth-order valence-electron chi connectivity index (χ4n) is 15.8. The highest BCUT2D eigenvalue weighted by Crippen LogP contribution is 2.76. The molecule has 0 bridgehead atoms. The van der Waals surface area contributed by atoms with E-state index in [-0.39, 0.29) is 40.6 Å². The fraction of sp³-hybridized carbons (Fsp3) is 0.887. The molecule has 8 aliphatic rings. The van der Waals surface area contributed by atoms with Crippen LogP contribution in [0.3, 0.4) is 0 Å². The Kier molecular flexibility index (Phi) is 15.8. The molecule has 3 heterocycles. The lowest BCUT2D eigenvalue weighted by molar-refractivity contribution is -0.395. The van der Waals surface area contributed by atoms with E-state index in [9.17, 15) is 65.8 Å². The summed E-state index contributed by atoms with van der Waals surface area (Å²) in [4.78, 5) is 26.0. The van der Waals surface area contributed by atoms with Crippen molar-refractivity contribution in [2.75, 3.05) is 13.2 Å². The Morgan fingerprint density at radius 2 is 1.33 bits per heavy atom. The van der Waals surface area contributed by atoms with E-state index in [0.29, 0.717) is 37.7 Å². The molecule has 20 heteroatoms. The molecule has 20 nitrogen and oxygen atoms in total. The molecule has 0 radical (unpaired) electrons. The number of hydrogen-bond donors (Lipinski definition) is 11. The lowest BCUT2D eigenvalue weighted by Gasteiger charge is -2.72. The lowest BCUT2D eigenvalue weighted by atomic mass is 9.33. The maximum atomic E-state index is 13.1. The molecular formula is C53H84O20. The minimum absolute atomic E-state index is 0.00538. The van der Waals surface area contributed by atoms with E-state index in [2.05, 4.69) is 54.5 Å². The molecule has 25 atom stereocenters. The zero-order valence-electron chi connectivity index (χ0n) is 43.9. The van der Waals surface area contributed by atoms with Crippen LogP contribution in [0.2, 0.25) is 0 Å².